The highest BCUT2D eigenvalue weighted by Gasteiger charge is 2.33. The SMILES string of the molecule is Cc1cccc(CCN(C(=O)Cn2nnc3ccccc32)[C@H](C(=O)NC[C@H]2CCCO2)c2cccs2)c1. The second-order valence-electron chi connectivity index (χ2n) is 9.36. The first kappa shape index (κ1) is 25.1. The number of ether oxygens (including phenoxy) is 1. The van der Waals surface area contributed by atoms with Crippen molar-refractivity contribution in [1.29, 1.82) is 0 Å². The standard InChI is InChI=1S/C28H31N5O3S/c1-20-7-4-8-21(17-20)13-14-32(26(34)19-33-24-11-3-2-10-23(24)30-31-33)27(25-12-6-16-37-25)28(35)29-18-22-9-5-15-36-22/h2-4,6-8,10-12,16-17,22,27H,5,9,13-15,18-19H2,1H3,(H,29,35)/t22-,27+/m1/s1. The molecule has 2 aromatic carbocycles. The fourth-order valence-electron chi connectivity index (χ4n) is 4.76. The van der Waals surface area contributed by atoms with E-state index in [2.05, 4.69) is 40.8 Å². The molecule has 1 saturated heterocycles. The number of carbonyl (C=O) groups is 2. The Labute approximate surface area is 220 Å². The normalized spacial score (nSPS) is 16.1. The van der Waals surface area contributed by atoms with Crippen LogP contribution >= 0.6 is 11.3 Å². The molecule has 0 bridgehead atoms. The largest absolute Gasteiger partial charge is 0.376 e. The minimum absolute atomic E-state index is 0.00474. The third kappa shape index (κ3) is 6.06. The summed E-state index contributed by atoms with van der Waals surface area (Å²) in [6.45, 7) is 3.60. The summed E-state index contributed by atoms with van der Waals surface area (Å²) in [7, 11) is 0. The Morgan fingerprint density at radius 3 is 2.86 bits per heavy atom. The number of rotatable bonds is 10. The molecule has 192 valence electrons. The van der Waals surface area contributed by atoms with Gasteiger partial charge < -0.3 is 15.0 Å². The third-order valence-electron chi connectivity index (χ3n) is 6.65. The molecule has 8 nitrogen and oxygen atoms in total. The van der Waals surface area contributed by atoms with Crippen molar-refractivity contribution < 1.29 is 14.3 Å². The molecule has 37 heavy (non-hydrogen) atoms. The lowest BCUT2D eigenvalue weighted by atomic mass is 10.1. The van der Waals surface area contributed by atoms with Gasteiger partial charge in [0.25, 0.3) is 0 Å². The number of nitrogens with one attached hydrogen (secondary N) is 1. The lowest BCUT2D eigenvalue weighted by Gasteiger charge is -2.31. The van der Waals surface area contributed by atoms with E-state index in [0.29, 0.717) is 19.5 Å². The predicted octanol–water partition coefficient (Wildman–Crippen LogP) is 3.91. The highest BCUT2D eigenvalue weighted by Crippen LogP contribution is 2.27. The number of benzene rings is 2. The number of hydrogen-bond donors (Lipinski definition) is 1. The van der Waals surface area contributed by atoms with Gasteiger partial charge in [0.1, 0.15) is 18.1 Å². The Bertz CT molecular complexity index is 1350. The minimum Gasteiger partial charge on any atom is -0.376 e. The van der Waals surface area contributed by atoms with Gasteiger partial charge in [-0.1, -0.05) is 53.2 Å². The van der Waals surface area contributed by atoms with Crippen LogP contribution < -0.4 is 5.32 Å². The molecule has 9 heteroatoms. The van der Waals surface area contributed by atoms with Gasteiger partial charge in [-0.2, -0.15) is 0 Å². The van der Waals surface area contributed by atoms with Crippen molar-refractivity contribution >= 4 is 34.2 Å². The van der Waals surface area contributed by atoms with E-state index >= 15 is 0 Å². The van der Waals surface area contributed by atoms with Gasteiger partial charge in [0.2, 0.25) is 11.8 Å². The number of aromatic nitrogens is 3. The van der Waals surface area contributed by atoms with E-state index in [-0.39, 0.29) is 24.5 Å². The number of thiophene rings is 1. The van der Waals surface area contributed by atoms with Crippen LogP contribution in [0.4, 0.5) is 0 Å². The van der Waals surface area contributed by atoms with E-state index in [9.17, 15) is 9.59 Å². The van der Waals surface area contributed by atoms with Crippen LogP contribution in [0.5, 0.6) is 0 Å². The molecule has 0 unspecified atom stereocenters. The highest BCUT2D eigenvalue weighted by atomic mass is 32.1. The van der Waals surface area contributed by atoms with E-state index in [0.717, 1.165) is 46.5 Å². The number of carbonyl (C=O) groups excluding carboxylic acids is 2. The topological polar surface area (TPSA) is 89.4 Å². The summed E-state index contributed by atoms with van der Waals surface area (Å²) in [5.74, 6) is -0.382. The van der Waals surface area contributed by atoms with Gasteiger partial charge in [-0.15, -0.1) is 16.4 Å². The molecule has 4 aromatic rings. The minimum atomic E-state index is -0.742. The zero-order valence-electron chi connectivity index (χ0n) is 20.9. The van der Waals surface area contributed by atoms with Crippen molar-refractivity contribution in [1.82, 2.24) is 25.2 Å². The van der Waals surface area contributed by atoms with E-state index in [1.807, 2.05) is 47.8 Å². The van der Waals surface area contributed by atoms with Crippen LogP contribution in [0.25, 0.3) is 11.0 Å². The lowest BCUT2D eigenvalue weighted by Crippen LogP contribution is -2.46. The molecule has 0 aliphatic carbocycles. The summed E-state index contributed by atoms with van der Waals surface area (Å²) in [5.41, 5.74) is 3.79. The highest BCUT2D eigenvalue weighted by molar-refractivity contribution is 7.10. The maximum Gasteiger partial charge on any atom is 0.248 e. The Kier molecular flexibility index (Phi) is 7.91. The zero-order chi connectivity index (χ0) is 25.6. The van der Waals surface area contributed by atoms with Crippen LogP contribution in [0.2, 0.25) is 0 Å². The Balaban J connectivity index is 1.42. The summed E-state index contributed by atoms with van der Waals surface area (Å²) in [4.78, 5) is 30.0. The maximum atomic E-state index is 13.9. The number of hydrogen-bond acceptors (Lipinski definition) is 6. The molecule has 0 saturated carbocycles. The summed E-state index contributed by atoms with van der Waals surface area (Å²) in [5, 5.41) is 13.4. The number of nitrogens with zero attached hydrogens (tertiary/aromatic N) is 4. The van der Waals surface area contributed by atoms with Gasteiger partial charge in [-0.25, -0.2) is 4.68 Å². The number of aryl methyl sites for hydroxylation is 1. The molecule has 1 N–H and O–H groups in total. The van der Waals surface area contributed by atoms with Crippen LogP contribution in [-0.4, -0.2) is 57.5 Å². The van der Waals surface area contributed by atoms with Gasteiger partial charge in [-0.3, -0.25) is 9.59 Å². The fourth-order valence-corrected chi connectivity index (χ4v) is 5.59. The molecule has 0 spiro atoms. The Morgan fingerprint density at radius 1 is 1.19 bits per heavy atom. The van der Waals surface area contributed by atoms with E-state index in [1.54, 1.807) is 9.58 Å². The van der Waals surface area contributed by atoms with Crippen LogP contribution in [0.3, 0.4) is 0 Å². The number of para-hydroxylation sites is 1. The quantitative estimate of drug-likeness (QED) is 0.345. The van der Waals surface area contributed by atoms with E-state index < -0.39 is 6.04 Å². The van der Waals surface area contributed by atoms with Crippen LogP contribution in [0.1, 0.15) is 34.9 Å². The van der Waals surface area contributed by atoms with Gasteiger partial charge >= 0.3 is 0 Å². The molecule has 0 radical (unpaired) electrons. The van der Waals surface area contributed by atoms with Crippen molar-refractivity contribution in [3.63, 3.8) is 0 Å². The maximum absolute atomic E-state index is 13.9. The van der Waals surface area contributed by atoms with Gasteiger partial charge in [-0.05, 0) is 55.3 Å². The summed E-state index contributed by atoms with van der Waals surface area (Å²) < 4.78 is 7.30. The number of fused-ring (bicyclic) bond motifs is 1. The first-order valence-electron chi connectivity index (χ1n) is 12.6. The Morgan fingerprint density at radius 2 is 2.08 bits per heavy atom. The van der Waals surface area contributed by atoms with E-state index in [4.69, 9.17) is 4.74 Å². The second kappa shape index (κ2) is 11.7. The van der Waals surface area contributed by atoms with Gasteiger partial charge in [0.05, 0.1) is 11.6 Å². The average molecular weight is 518 g/mol. The first-order valence-corrected chi connectivity index (χ1v) is 13.5. The molecule has 1 fully saturated rings. The molecule has 5 rings (SSSR count). The van der Waals surface area contributed by atoms with Crippen LogP contribution in [0, 0.1) is 6.92 Å². The molecule has 1 aliphatic heterocycles. The first-order chi connectivity index (χ1) is 18.1. The van der Waals surface area contributed by atoms with Crippen LogP contribution in [-0.2, 0) is 27.3 Å². The molecule has 2 aromatic heterocycles. The van der Waals surface area contributed by atoms with Crippen molar-refractivity contribution in [3.8, 4) is 0 Å². The smallest absolute Gasteiger partial charge is 0.248 e. The van der Waals surface area contributed by atoms with Crippen molar-refractivity contribution in [2.45, 2.75) is 44.9 Å². The third-order valence-corrected chi connectivity index (χ3v) is 7.57. The van der Waals surface area contributed by atoms with E-state index in [1.165, 1.54) is 11.3 Å². The average Bonchev–Trinajstić information content (AvgIpc) is 3.68. The lowest BCUT2D eigenvalue weighted by molar-refractivity contribution is -0.141. The molecule has 2 atom stereocenters. The van der Waals surface area contributed by atoms with Gasteiger partial charge in [0.15, 0.2) is 0 Å². The van der Waals surface area contributed by atoms with Gasteiger partial charge in [0, 0.05) is 24.6 Å². The number of amides is 2. The summed E-state index contributed by atoms with van der Waals surface area (Å²) in [6.07, 6.45) is 2.58. The monoisotopic (exact) mass is 517 g/mol. The molecular formula is C28H31N5O3S. The molecular weight excluding hydrogens is 486 g/mol. The second-order valence-corrected chi connectivity index (χ2v) is 10.3. The predicted molar refractivity (Wildman–Crippen MR) is 143 cm³/mol. The van der Waals surface area contributed by atoms with Crippen LogP contribution in [0.15, 0.2) is 66.0 Å². The molecule has 2 amide bonds. The fraction of sp³-hybridized carbons (Fsp3) is 0.357. The summed E-state index contributed by atoms with van der Waals surface area (Å²) in [6, 6.07) is 18.9. The van der Waals surface area contributed by atoms with Crippen molar-refractivity contribution in [3.05, 3.63) is 82.0 Å². The summed E-state index contributed by atoms with van der Waals surface area (Å²) >= 11 is 1.48. The van der Waals surface area contributed by atoms with Crippen molar-refractivity contribution in [2.24, 2.45) is 0 Å². The van der Waals surface area contributed by atoms with Crippen molar-refractivity contribution in [2.75, 3.05) is 19.7 Å². The Hall–Kier alpha value is -3.56. The molecule has 1 aliphatic rings. The molecule has 3 heterocycles. The zero-order valence-corrected chi connectivity index (χ0v) is 21.7.